The molecule has 2 heterocycles. The molecule has 2 N–H and O–H groups in total. The third-order valence-electron chi connectivity index (χ3n) is 6.71. The number of piperazine rings is 2. The zero-order valence-electron chi connectivity index (χ0n) is 26.1. The third kappa shape index (κ3) is 10.2. The fraction of sp³-hybridized carbons (Fsp3) is 0.533. The lowest BCUT2D eigenvalue weighted by molar-refractivity contribution is -0.384. The van der Waals surface area contributed by atoms with E-state index in [1.54, 1.807) is 28.0 Å². The fourth-order valence-electron chi connectivity index (χ4n) is 4.50. The van der Waals surface area contributed by atoms with Gasteiger partial charge in [0.05, 0.1) is 15.6 Å². The number of hydrogen-bond donors (Lipinski definition) is 1. The predicted octanol–water partition coefficient (Wildman–Crippen LogP) is 6.28. The van der Waals surface area contributed by atoms with Crippen LogP contribution in [0.5, 0.6) is 0 Å². The van der Waals surface area contributed by atoms with Gasteiger partial charge in [-0.3, -0.25) is 10.1 Å². The van der Waals surface area contributed by atoms with Gasteiger partial charge >= 0.3 is 12.2 Å². The monoisotopic (exact) mass is 652 g/mol. The summed E-state index contributed by atoms with van der Waals surface area (Å²) in [5.41, 5.74) is 7.05. The first-order chi connectivity index (χ1) is 20.4. The average molecular weight is 654 g/mol. The summed E-state index contributed by atoms with van der Waals surface area (Å²) in [7, 11) is 0. The summed E-state index contributed by atoms with van der Waals surface area (Å²) in [6.07, 6.45) is -0.573. The minimum Gasteiger partial charge on any atom is -0.444 e. The number of ether oxygens (including phenoxy) is 2. The number of nitrogens with two attached hydrogens (primary N) is 1. The summed E-state index contributed by atoms with van der Waals surface area (Å²) in [6, 6.07) is 10.3. The van der Waals surface area contributed by atoms with Gasteiger partial charge in [0.15, 0.2) is 0 Å². The van der Waals surface area contributed by atoms with Gasteiger partial charge < -0.3 is 34.8 Å². The van der Waals surface area contributed by atoms with Crippen molar-refractivity contribution in [1.29, 1.82) is 0 Å². The molecule has 0 radical (unpaired) electrons. The highest BCUT2D eigenvalue weighted by Gasteiger charge is 2.27. The topological polar surface area (TPSA) is 135 Å². The number of halogens is 2. The molecule has 14 heteroatoms. The minimum absolute atomic E-state index is 0.109. The fourth-order valence-corrected chi connectivity index (χ4v) is 4.92. The molecule has 2 amide bonds. The molecule has 0 unspecified atom stereocenters. The van der Waals surface area contributed by atoms with E-state index in [9.17, 15) is 19.7 Å². The highest BCUT2D eigenvalue weighted by Crippen LogP contribution is 2.30. The molecule has 2 aliphatic heterocycles. The van der Waals surface area contributed by atoms with Crippen molar-refractivity contribution in [3.8, 4) is 0 Å². The molecule has 0 aromatic heterocycles. The molecule has 0 bridgehead atoms. The SMILES string of the molecule is CC(C)(C)OC(=O)N1CCN(c2ccc(N)c(Cl)c2)CC1.CC(C)(C)OC(=O)N1CCN(c2ccc([N+](=O)[O-])c(Cl)c2)CC1. The standard InChI is InChI=1S/C15H20ClN3O4.C15H22ClN3O2/c1-15(2,3)23-14(20)18-8-6-17(7-9-18)11-4-5-13(19(21)22)12(16)10-11;1-15(2,3)21-14(20)19-8-6-18(7-9-19)11-4-5-13(17)12(16)10-11/h4-5,10H,6-9H2,1-3H3;4-5,10H,6-9,17H2,1-3H3. The molecule has 0 spiro atoms. The van der Waals surface area contributed by atoms with E-state index >= 15 is 0 Å². The Hall–Kier alpha value is -3.64. The number of nitro groups is 1. The molecule has 2 aliphatic rings. The first kappa shape index (κ1) is 34.8. The largest absolute Gasteiger partial charge is 0.444 e. The molecule has 0 aliphatic carbocycles. The first-order valence-electron chi connectivity index (χ1n) is 14.4. The quantitative estimate of drug-likeness (QED) is 0.231. The van der Waals surface area contributed by atoms with E-state index in [4.69, 9.17) is 38.4 Å². The van der Waals surface area contributed by atoms with Crippen LogP contribution >= 0.6 is 23.2 Å². The summed E-state index contributed by atoms with van der Waals surface area (Å²) in [5.74, 6) is 0. The maximum Gasteiger partial charge on any atom is 0.410 e. The third-order valence-corrected chi connectivity index (χ3v) is 7.34. The zero-order chi connectivity index (χ0) is 32.8. The van der Waals surface area contributed by atoms with E-state index in [0.717, 1.165) is 24.5 Å². The van der Waals surface area contributed by atoms with E-state index in [0.29, 0.717) is 50.0 Å². The van der Waals surface area contributed by atoms with Crippen LogP contribution in [0.4, 0.5) is 32.3 Å². The maximum atomic E-state index is 12.0. The Balaban J connectivity index is 0.000000241. The van der Waals surface area contributed by atoms with E-state index in [2.05, 4.69) is 4.90 Å². The number of carbonyl (C=O) groups is 2. The van der Waals surface area contributed by atoms with Crippen molar-refractivity contribution in [2.45, 2.75) is 52.7 Å². The van der Waals surface area contributed by atoms with Gasteiger partial charge in [-0.05, 0) is 71.9 Å². The van der Waals surface area contributed by atoms with Crippen LogP contribution in [0.2, 0.25) is 10.0 Å². The summed E-state index contributed by atoms with van der Waals surface area (Å²) in [6.45, 7) is 16.2. The molecule has 242 valence electrons. The van der Waals surface area contributed by atoms with E-state index < -0.39 is 16.1 Å². The highest BCUT2D eigenvalue weighted by molar-refractivity contribution is 6.33. The second-order valence-corrected chi connectivity index (χ2v) is 13.3. The lowest BCUT2D eigenvalue weighted by Gasteiger charge is -2.36. The Morgan fingerprint density at radius 3 is 1.45 bits per heavy atom. The molecule has 0 atom stereocenters. The zero-order valence-corrected chi connectivity index (χ0v) is 27.7. The van der Waals surface area contributed by atoms with Gasteiger partial charge in [-0.25, -0.2) is 9.59 Å². The lowest BCUT2D eigenvalue weighted by Crippen LogP contribution is -2.50. The smallest absolute Gasteiger partial charge is 0.410 e. The van der Waals surface area contributed by atoms with Crippen molar-refractivity contribution >= 4 is 58.1 Å². The number of nitro benzene ring substituents is 1. The van der Waals surface area contributed by atoms with Crippen LogP contribution in [0.3, 0.4) is 0 Å². The second kappa shape index (κ2) is 14.4. The number of rotatable bonds is 3. The van der Waals surface area contributed by atoms with Crippen molar-refractivity contribution in [3.63, 3.8) is 0 Å². The van der Waals surface area contributed by atoms with Gasteiger partial charge in [-0.15, -0.1) is 0 Å². The Labute approximate surface area is 268 Å². The van der Waals surface area contributed by atoms with Crippen LogP contribution in [-0.4, -0.2) is 90.5 Å². The number of nitrogen functional groups attached to an aromatic ring is 1. The molecule has 12 nitrogen and oxygen atoms in total. The number of benzene rings is 2. The summed E-state index contributed by atoms with van der Waals surface area (Å²) in [5, 5.41) is 11.5. The van der Waals surface area contributed by atoms with Crippen LogP contribution in [0.25, 0.3) is 0 Å². The Morgan fingerprint density at radius 1 is 0.727 bits per heavy atom. The van der Waals surface area contributed by atoms with Gasteiger partial charge in [-0.2, -0.15) is 0 Å². The van der Waals surface area contributed by atoms with Gasteiger partial charge in [0.25, 0.3) is 5.69 Å². The predicted molar refractivity (Wildman–Crippen MR) is 174 cm³/mol. The molecular formula is C30H42Cl2N6O6. The Bertz CT molecular complexity index is 1330. The van der Waals surface area contributed by atoms with Gasteiger partial charge in [0, 0.05) is 69.8 Å². The average Bonchev–Trinajstić information content (AvgIpc) is 2.93. The molecule has 4 rings (SSSR count). The van der Waals surface area contributed by atoms with Crippen molar-refractivity contribution in [2.24, 2.45) is 0 Å². The van der Waals surface area contributed by atoms with Gasteiger partial charge in [0.1, 0.15) is 16.2 Å². The Morgan fingerprint density at radius 2 is 1.11 bits per heavy atom. The number of amides is 2. The normalized spacial score (nSPS) is 15.7. The molecule has 2 fully saturated rings. The van der Waals surface area contributed by atoms with Gasteiger partial charge in [-0.1, -0.05) is 23.2 Å². The maximum absolute atomic E-state index is 12.0. The molecular weight excluding hydrogens is 611 g/mol. The van der Waals surface area contributed by atoms with E-state index in [1.807, 2.05) is 58.6 Å². The van der Waals surface area contributed by atoms with Crippen LogP contribution in [-0.2, 0) is 9.47 Å². The molecule has 44 heavy (non-hydrogen) atoms. The van der Waals surface area contributed by atoms with E-state index in [-0.39, 0.29) is 22.9 Å². The van der Waals surface area contributed by atoms with Crippen LogP contribution in [0.15, 0.2) is 36.4 Å². The van der Waals surface area contributed by atoms with Crippen LogP contribution in [0, 0.1) is 10.1 Å². The van der Waals surface area contributed by atoms with Crippen LogP contribution in [0.1, 0.15) is 41.5 Å². The molecule has 2 aromatic rings. The van der Waals surface area contributed by atoms with Gasteiger partial charge in [0.2, 0.25) is 0 Å². The number of anilines is 3. The lowest BCUT2D eigenvalue weighted by atomic mass is 10.2. The number of carbonyl (C=O) groups excluding carboxylic acids is 2. The summed E-state index contributed by atoms with van der Waals surface area (Å²) >= 11 is 12.0. The van der Waals surface area contributed by atoms with Crippen molar-refractivity contribution < 1.29 is 24.0 Å². The minimum atomic E-state index is -0.514. The molecule has 2 saturated heterocycles. The first-order valence-corrected chi connectivity index (χ1v) is 15.1. The number of hydrogen-bond acceptors (Lipinski definition) is 9. The Kier molecular flexibility index (Phi) is 11.4. The molecule has 2 aromatic carbocycles. The number of nitrogens with zero attached hydrogens (tertiary/aromatic N) is 5. The van der Waals surface area contributed by atoms with Crippen molar-refractivity contribution in [3.05, 3.63) is 56.6 Å². The van der Waals surface area contributed by atoms with Crippen molar-refractivity contribution in [1.82, 2.24) is 9.80 Å². The highest BCUT2D eigenvalue weighted by atomic mass is 35.5. The summed E-state index contributed by atoms with van der Waals surface area (Å²) < 4.78 is 10.7. The van der Waals surface area contributed by atoms with E-state index in [1.165, 1.54) is 6.07 Å². The van der Waals surface area contributed by atoms with Crippen LogP contribution < -0.4 is 15.5 Å². The second-order valence-electron chi connectivity index (χ2n) is 12.5. The summed E-state index contributed by atoms with van der Waals surface area (Å²) in [4.78, 5) is 41.9. The van der Waals surface area contributed by atoms with Crippen molar-refractivity contribution in [2.75, 3.05) is 67.9 Å². The molecule has 0 saturated carbocycles.